The maximum atomic E-state index is 13.1. The lowest BCUT2D eigenvalue weighted by Gasteiger charge is -2.34. The molecule has 1 aliphatic heterocycles. The molecule has 0 radical (unpaired) electrons. The zero-order chi connectivity index (χ0) is 18.5. The fraction of sp³-hybridized carbons (Fsp3) is 0.300. The fourth-order valence-corrected chi connectivity index (χ4v) is 3.37. The van der Waals surface area contributed by atoms with Gasteiger partial charge in [-0.05, 0) is 36.1 Å². The van der Waals surface area contributed by atoms with Gasteiger partial charge in [0.2, 0.25) is 11.8 Å². The van der Waals surface area contributed by atoms with Gasteiger partial charge in [-0.1, -0.05) is 48.0 Å². The highest BCUT2D eigenvalue weighted by Gasteiger charge is 2.33. The number of likely N-dealkylation sites (tertiary alicyclic amines) is 1. The van der Waals surface area contributed by atoms with Gasteiger partial charge in [0, 0.05) is 24.5 Å². The molecule has 1 unspecified atom stereocenters. The molecule has 1 aliphatic rings. The summed E-state index contributed by atoms with van der Waals surface area (Å²) in [5.41, 5.74) is 1.63. The minimum Gasteiger partial charge on any atom is -0.350 e. The summed E-state index contributed by atoms with van der Waals surface area (Å²) in [6.45, 7) is 0.608. The van der Waals surface area contributed by atoms with E-state index in [0.717, 1.165) is 5.56 Å². The van der Waals surface area contributed by atoms with Gasteiger partial charge in [0.05, 0.1) is 0 Å². The smallest absolute Gasteiger partial charge is 0.243 e. The number of nitrogens with zero attached hydrogens (tertiary/aromatic N) is 1. The van der Waals surface area contributed by atoms with Crippen LogP contribution >= 0.6 is 11.6 Å². The van der Waals surface area contributed by atoms with Crippen LogP contribution in [0.5, 0.6) is 0 Å². The molecule has 0 bridgehead atoms. The first-order chi connectivity index (χ1) is 12.5. The summed E-state index contributed by atoms with van der Waals surface area (Å²) in [6.07, 6.45) is 1.78. The van der Waals surface area contributed by atoms with Crippen molar-refractivity contribution in [3.8, 4) is 0 Å². The average Bonchev–Trinajstić information content (AvgIpc) is 2.63. The number of benzene rings is 2. The Morgan fingerprint density at radius 2 is 2.00 bits per heavy atom. The number of hydrogen-bond acceptors (Lipinski definition) is 2. The van der Waals surface area contributed by atoms with Crippen molar-refractivity contribution in [2.45, 2.75) is 38.4 Å². The summed E-state index contributed by atoms with van der Waals surface area (Å²) in [6, 6.07) is 13.2. The fourth-order valence-electron chi connectivity index (χ4n) is 3.14. The van der Waals surface area contributed by atoms with Crippen molar-refractivity contribution in [1.29, 1.82) is 0 Å². The lowest BCUT2D eigenvalue weighted by atomic mass is 9.99. The Bertz CT molecular complexity index is 798. The van der Waals surface area contributed by atoms with Crippen molar-refractivity contribution in [3.63, 3.8) is 0 Å². The van der Waals surface area contributed by atoms with Gasteiger partial charge in [0.15, 0.2) is 0 Å². The van der Waals surface area contributed by atoms with Crippen molar-refractivity contribution in [2.75, 3.05) is 0 Å². The lowest BCUT2D eigenvalue weighted by molar-refractivity contribution is -0.144. The molecule has 1 N–H and O–H groups in total. The summed E-state index contributed by atoms with van der Waals surface area (Å²) < 4.78 is 13.1. The zero-order valence-electron chi connectivity index (χ0n) is 14.3. The van der Waals surface area contributed by atoms with E-state index < -0.39 is 11.9 Å². The van der Waals surface area contributed by atoms with Crippen LogP contribution in [0.3, 0.4) is 0 Å². The van der Waals surface area contributed by atoms with E-state index in [4.69, 9.17) is 11.6 Å². The van der Waals surface area contributed by atoms with Gasteiger partial charge in [-0.2, -0.15) is 0 Å². The monoisotopic (exact) mass is 374 g/mol. The number of halogens is 2. The topological polar surface area (TPSA) is 49.4 Å². The second-order valence-electron chi connectivity index (χ2n) is 6.37. The molecule has 0 aromatic heterocycles. The van der Waals surface area contributed by atoms with Gasteiger partial charge in [-0.15, -0.1) is 0 Å². The molecule has 3 rings (SSSR count). The molecule has 2 amide bonds. The van der Waals surface area contributed by atoms with Gasteiger partial charge in [-0.3, -0.25) is 9.59 Å². The van der Waals surface area contributed by atoms with E-state index in [0.29, 0.717) is 31.4 Å². The Hall–Kier alpha value is -2.40. The van der Waals surface area contributed by atoms with Crippen molar-refractivity contribution in [1.82, 2.24) is 10.2 Å². The first kappa shape index (κ1) is 18.4. The van der Waals surface area contributed by atoms with E-state index in [1.54, 1.807) is 11.0 Å². The average molecular weight is 375 g/mol. The Balaban J connectivity index is 1.68. The maximum Gasteiger partial charge on any atom is 0.243 e. The van der Waals surface area contributed by atoms with E-state index >= 15 is 0 Å². The standard InChI is InChI=1S/C20H20ClFN2O2/c21-17-11-16(22)10-9-15(17)12-23-20(26)18-7-4-8-19(25)24(18)13-14-5-2-1-3-6-14/h1-3,5-6,9-11,18H,4,7-8,12-13H2,(H,23,26). The van der Waals surface area contributed by atoms with E-state index in [2.05, 4.69) is 5.32 Å². The van der Waals surface area contributed by atoms with Crippen LogP contribution < -0.4 is 5.32 Å². The molecular weight excluding hydrogens is 355 g/mol. The van der Waals surface area contributed by atoms with Crippen LogP contribution in [0.2, 0.25) is 5.02 Å². The quantitative estimate of drug-likeness (QED) is 0.868. The molecule has 0 saturated carbocycles. The maximum absolute atomic E-state index is 13.1. The highest BCUT2D eigenvalue weighted by molar-refractivity contribution is 6.31. The number of piperidine rings is 1. The van der Waals surface area contributed by atoms with Crippen molar-refractivity contribution >= 4 is 23.4 Å². The number of nitrogens with one attached hydrogen (secondary N) is 1. The highest BCUT2D eigenvalue weighted by Crippen LogP contribution is 2.22. The SMILES string of the molecule is O=C(NCc1ccc(F)cc1Cl)C1CCCC(=O)N1Cc1ccccc1. The number of carbonyl (C=O) groups excluding carboxylic acids is 2. The number of amides is 2. The van der Waals surface area contributed by atoms with Crippen LogP contribution in [-0.4, -0.2) is 22.8 Å². The molecule has 4 nitrogen and oxygen atoms in total. The van der Waals surface area contributed by atoms with Crippen molar-refractivity contribution in [3.05, 3.63) is 70.5 Å². The first-order valence-electron chi connectivity index (χ1n) is 8.59. The number of carbonyl (C=O) groups is 2. The molecule has 0 spiro atoms. The van der Waals surface area contributed by atoms with Crippen LogP contribution in [0.25, 0.3) is 0 Å². The third kappa shape index (κ3) is 4.41. The molecule has 2 aromatic rings. The van der Waals surface area contributed by atoms with Crippen LogP contribution in [0, 0.1) is 5.82 Å². The molecule has 2 aromatic carbocycles. The van der Waals surface area contributed by atoms with E-state index in [9.17, 15) is 14.0 Å². The third-order valence-corrected chi connectivity index (χ3v) is 4.88. The van der Waals surface area contributed by atoms with Gasteiger partial charge >= 0.3 is 0 Å². The van der Waals surface area contributed by atoms with E-state index in [1.165, 1.54) is 12.1 Å². The normalized spacial score (nSPS) is 17.2. The molecule has 26 heavy (non-hydrogen) atoms. The zero-order valence-corrected chi connectivity index (χ0v) is 15.0. The van der Waals surface area contributed by atoms with Crippen molar-refractivity contribution in [2.24, 2.45) is 0 Å². The second-order valence-corrected chi connectivity index (χ2v) is 6.78. The molecule has 1 saturated heterocycles. The van der Waals surface area contributed by atoms with E-state index in [-0.39, 0.29) is 23.4 Å². The third-order valence-electron chi connectivity index (χ3n) is 4.53. The Morgan fingerprint density at radius 3 is 2.73 bits per heavy atom. The number of hydrogen-bond donors (Lipinski definition) is 1. The summed E-state index contributed by atoms with van der Waals surface area (Å²) >= 11 is 6.00. The van der Waals surface area contributed by atoms with Crippen molar-refractivity contribution < 1.29 is 14.0 Å². The highest BCUT2D eigenvalue weighted by atomic mass is 35.5. The Morgan fingerprint density at radius 1 is 1.23 bits per heavy atom. The summed E-state index contributed by atoms with van der Waals surface area (Å²) in [5.74, 6) is -0.647. The Labute approximate surface area is 157 Å². The molecule has 1 atom stereocenters. The minimum absolute atomic E-state index is 0.0138. The van der Waals surface area contributed by atoms with Gasteiger partial charge in [-0.25, -0.2) is 4.39 Å². The molecule has 1 fully saturated rings. The predicted molar refractivity (Wildman–Crippen MR) is 97.9 cm³/mol. The molecule has 1 heterocycles. The van der Waals surface area contributed by atoms with Gasteiger partial charge in [0.25, 0.3) is 0 Å². The minimum atomic E-state index is -0.504. The summed E-state index contributed by atoms with van der Waals surface area (Å²) in [5, 5.41) is 3.10. The Kier molecular flexibility index (Phi) is 5.89. The summed E-state index contributed by atoms with van der Waals surface area (Å²) in [4.78, 5) is 26.7. The van der Waals surface area contributed by atoms with Crippen LogP contribution in [0.4, 0.5) is 4.39 Å². The van der Waals surface area contributed by atoms with E-state index in [1.807, 2.05) is 30.3 Å². The molecule has 6 heteroatoms. The lowest BCUT2D eigenvalue weighted by Crippen LogP contribution is -2.51. The summed E-state index contributed by atoms with van der Waals surface area (Å²) in [7, 11) is 0. The molecule has 0 aliphatic carbocycles. The largest absolute Gasteiger partial charge is 0.350 e. The molecular formula is C20H20ClFN2O2. The van der Waals surface area contributed by atoms with Gasteiger partial charge < -0.3 is 10.2 Å². The predicted octanol–water partition coefficient (Wildman–Crippen LogP) is 3.68. The van der Waals surface area contributed by atoms with Gasteiger partial charge in [0.1, 0.15) is 11.9 Å². The molecule has 136 valence electrons. The van der Waals surface area contributed by atoms with Crippen LogP contribution in [0.15, 0.2) is 48.5 Å². The van der Waals surface area contributed by atoms with Crippen LogP contribution in [-0.2, 0) is 22.7 Å². The second kappa shape index (κ2) is 8.32. The number of rotatable bonds is 5. The first-order valence-corrected chi connectivity index (χ1v) is 8.97. The van der Waals surface area contributed by atoms with Crippen LogP contribution in [0.1, 0.15) is 30.4 Å².